The summed E-state index contributed by atoms with van der Waals surface area (Å²) in [4.78, 5) is 13.3. The summed E-state index contributed by atoms with van der Waals surface area (Å²) < 4.78 is 37.6. The summed E-state index contributed by atoms with van der Waals surface area (Å²) in [5.41, 5.74) is 0. The number of nitrogens with zero attached hydrogens (tertiary/aromatic N) is 1. The number of halogens is 1. The highest BCUT2D eigenvalue weighted by atomic mass is 32.2. The highest BCUT2D eigenvalue weighted by molar-refractivity contribution is 7.89. The van der Waals surface area contributed by atoms with Crippen LogP contribution in [0.4, 0.5) is 4.39 Å². The lowest BCUT2D eigenvalue weighted by Crippen LogP contribution is -2.43. The van der Waals surface area contributed by atoms with Crippen molar-refractivity contribution in [2.24, 2.45) is 0 Å². The lowest BCUT2D eigenvalue weighted by molar-refractivity contribution is -0.139. The molecule has 3 N–H and O–H groups in total. The van der Waals surface area contributed by atoms with Crippen LogP contribution in [0.1, 0.15) is 0 Å². The van der Waals surface area contributed by atoms with Gasteiger partial charge >= 0.3 is 5.97 Å². The smallest absolute Gasteiger partial charge is 0.324 e. The number of nitrogens with one attached hydrogen (secondary N) is 1. The average Bonchev–Trinajstić information content (AvgIpc) is 2.25. The van der Waals surface area contributed by atoms with Gasteiger partial charge in [-0.05, 0) is 6.07 Å². The van der Waals surface area contributed by atoms with Gasteiger partial charge in [-0.3, -0.25) is 9.78 Å². The van der Waals surface area contributed by atoms with Gasteiger partial charge < -0.3 is 10.2 Å². The van der Waals surface area contributed by atoms with Gasteiger partial charge in [0.05, 0.1) is 12.8 Å². The number of carboxylic acid groups (broad SMARTS) is 1. The van der Waals surface area contributed by atoms with E-state index >= 15 is 0 Å². The van der Waals surface area contributed by atoms with Crippen LogP contribution in [-0.2, 0) is 14.8 Å². The average molecular weight is 264 g/mol. The molecule has 94 valence electrons. The third-order valence-corrected chi connectivity index (χ3v) is 3.21. The third-order valence-electron chi connectivity index (χ3n) is 1.77. The Bertz CT molecular complexity index is 518. The molecule has 1 atom stereocenters. The van der Waals surface area contributed by atoms with E-state index in [0.717, 1.165) is 12.4 Å². The predicted molar refractivity (Wildman–Crippen MR) is 53.0 cm³/mol. The van der Waals surface area contributed by atoms with Gasteiger partial charge in [-0.25, -0.2) is 12.8 Å². The topological polar surface area (TPSA) is 117 Å². The molecule has 0 spiro atoms. The molecular weight excluding hydrogens is 255 g/mol. The minimum absolute atomic E-state index is 0.516. The lowest BCUT2D eigenvalue weighted by Gasteiger charge is -2.11. The van der Waals surface area contributed by atoms with Crippen molar-refractivity contribution < 1.29 is 27.8 Å². The van der Waals surface area contributed by atoms with Gasteiger partial charge in [0.15, 0.2) is 0 Å². The number of hydrogen-bond donors (Lipinski definition) is 3. The third kappa shape index (κ3) is 3.44. The van der Waals surface area contributed by atoms with Gasteiger partial charge in [-0.1, -0.05) is 0 Å². The van der Waals surface area contributed by atoms with E-state index < -0.39 is 39.4 Å². The van der Waals surface area contributed by atoms with Crippen LogP contribution in [0.15, 0.2) is 23.4 Å². The first-order chi connectivity index (χ1) is 7.86. The van der Waals surface area contributed by atoms with E-state index in [4.69, 9.17) is 10.2 Å². The van der Waals surface area contributed by atoms with E-state index in [2.05, 4.69) is 4.98 Å². The maximum Gasteiger partial charge on any atom is 0.324 e. The standard InChI is InChI=1S/C8H9FN2O5S/c9-5-1-6(3-10-2-5)17(15,16)11-7(4-12)8(13)14/h1-3,7,11-12H,4H2,(H,13,14)/t7-/m1/s1. The zero-order valence-corrected chi connectivity index (χ0v) is 9.19. The highest BCUT2D eigenvalue weighted by Gasteiger charge is 2.25. The molecule has 1 aromatic rings. The molecule has 0 fully saturated rings. The van der Waals surface area contributed by atoms with Crippen LogP contribution in [0.3, 0.4) is 0 Å². The van der Waals surface area contributed by atoms with E-state index in [1.54, 1.807) is 4.72 Å². The van der Waals surface area contributed by atoms with Crippen molar-refractivity contribution >= 4 is 16.0 Å². The van der Waals surface area contributed by atoms with Crippen LogP contribution in [-0.4, -0.2) is 42.2 Å². The molecule has 0 bridgehead atoms. The van der Waals surface area contributed by atoms with E-state index in [-0.39, 0.29) is 0 Å². The summed E-state index contributed by atoms with van der Waals surface area (Å²) in [6.45, 7) is -0.919. The molecule has 0 aliphatic carbocycles. The molecule has 1 rings (SSSR count). The highest BCUT2D eigenvalue weighted by Crippen LogP contribution is 2.09. The predicted octanol–water partition coefficient (Wildman–Crippen LogP) is -1.06. The Balaban J connectivity index is 3.00. The quantitative estimate of drug-likeness (QED) is 0.624. The molecule has 0 saturated carbocycles. The SMILES string of the molecule is O=C(O)[C@@H](CO)NS(=O)(=O)c1cncc(F)c1. The first-order valence-corrected chi connectivity index (χ1v) is 5.81. The molecule has 7 nitrogen and oxygen atoms in total. The second kappa shape index (κ2) is 5.17. The fourth-order valence-corrected chi connectivity index (χ4v) is 2.11. The largest absolute Gasteiger partial charge is 0.480 e. The molecule has 0 aliphatic heterocycles. The van der Waals surface area contributed by atoms with E-state index in [0.29, 0.717) is 6.07 Å². The van der Waals surface area contributed by atoms with Crippen molar-refractivity contribution in [1.29, 1.82) is 0 Å². The Morgan fingerprint density at radius 2 is 2.18 bits per heavy atom. The molecule has 1 heterocycles. The Kier molecular flexibility index (Phi) is 4.10. The van der Waals surface area contributed by atoms with Crippen LogP contribution < -0.4 is 4.72 Å². The van der Waals surface area contributed by atoms with Crippen LogP contribution in [0, 0.1) is 5.82 Å². The van der Waals surface area contributed by atoms with Crippen molar-refractivity contribution in [3.63, 3.8) is 0 Å². The first-order valence-electron chi connectivity index (χ1n) is 4.33. The van der Waals surface area contributed by atoms with Gasteiger partial charge in [0.25, 0.3) is 0 Å². The normalized spacial score (nSPS) is 13.3. The van der Waals surface area contributed by atoms with Crippen molar-refractivity contribution in [2.45, 2.75) is 10.9 Å². The van der Waals surface area contributed by atoms with Gasteiger partial charge in [0.2, 0.25) is 10.0 Å². The lowest BCUT2D eigenvalue weighted by atomic mass is 10.3. The summed E-state index contributed by atoms with van der Waals surface area (Å²) in [5, 5.41) is 17.2. The number of aliphatic carboxylic acids is 1. The zero-order chi connectivity index (χ0) is 13.1. The number of carbonyl (C=O) groups is 1. The van der Waals surface area contributed by atoms with Gasteiger partial charge in [0, 0.05) is 6.20 Å². The molecule has 0 aromatic carbocycles. The van der Waals surface area contributed by atoms with Gasteiger partial charge in [0.1, 0.15) is 16.8 Å². The molecule has 0 radical (unpaired) electrons. The molecule has 0 saturated heterocycles. The molecular formula is C8H9FN2O5S. The molecule has 1 aromatic heterocycles. The number of carboxylic acids is 1. The summed E-state index contributed by atoms with van der Waals surface area (Å²) >= 11 is 0. The Labute approximate surface area is 96.0 Å². The fraction of sp³-hybridized carbons (Fsp3) is 0.250. The Hall–Kier alpha value is -1.58. The van der Waals surface area contributed by atoms with E-state index in [1.807, 2.05) is 0 Å². The van der Waals surface area contributed by atoms with Gasteiger partial charge in [-0.2, -0.15) is 4.72 Å². The number of aliphatic hydroxyl groups is 1. The van der Waals surface area contributed by atoms with Gasteiger partial charge in [-0.15, -0.1) is 0 Å². The minimum Gasteiger partial charge on any atom is -0.480 e. The zero-order valence-electron chi connectivity index (χ0n) is 8.37. The first kappa shape index (κ1) is 13.5. The number of rotatable bonds is 5. The monoisotopic (exact) mass is 264 g/mol. The van der Waals surface area contributed by atoms with E-state index in [9.17, 15) is 17.6 Å². The number of hydrogen-bond acceptors (Lipinski definition) is 5. The maximum atomic E-state index is 12.8. The molecule has 0 unspecified atom stereocenters. The van der Waals surface area contributed by atoms with Crippen molar-refractivity contribution in [2.75, 3.05) is 6.61 Å². The summed E-state index contributed by atoms with van der Waals surface area (Å²) in [7, 11) is -4.23. The van der Waals surface area contributed by atoms with Crippen LogP contribution in [0.2, 0.25) is 0 Å². The maximum absolute atomic E-state index is 12.8. The molecule has 0 amide bonds. The molecule has 9 heteroatoms. The second-order valence-corrected chi connectivity index (χ2v) is 4.75. The minimum atomic E-state index is -4.23. The van der Waals surface area contributed by atoms with Crippen molar-refractivity contribution in [3.05, 3.63) is 24.3 Å². The van der Waals surface area contributed by atoms with Crippen molar-refractivity contribution in [3.8, 4) is 0 Å². The summed E-state index contributed by atoms with van der Waals surface area (Å²) in [5.74, 6) is -2.41. The second-order valence-electron chi connectivity index (χ2n) is 3.03. The van der Waals surface area contributed by atoms with Crippen LogP contribution in [0.5, 0.6) is 0 Å². The summed E-state index contributed by atoms with van der Waals surface area (Å²) in [6.07, 6.45) is 1.67. The van der Waals surface area contributed by atoms with E-state index in [1.165, 1.54) is 0 Å². The Morgan fingerprint density at radius 1 is 1.53 bits per heavy atom. The number of pyridine rings is 1. The number of sulfonamides is 1. The number of aliphatic hydroxyl groups excluding tert-OH is 1. The number of aromatic nitrogens is 1. The fourth-order valence-electron chi connectivity index (χ4n) is 0.960. The Morgan fingerprint density at radius 3 is 2.65 bits per heavy atom. The summed E-state index contributed by atoms with van der Waals surface area (Å²) in [6, 6.07) is -1.01. The van der Waals surface area contributed by atoms with Crippen LogP contribution >= 0.6 is 0 Å². The molecule has 17 heavy (non-hydrogen) atoms. The van der Waals surface area contributed by atoms with Crippen molar-refractivity contribution in [1.82, 2.24) is 9.71 Å². The molecule has 0 aliphatic rings. The van der Waals surface area contributed by atoms with Crippen LogP contribution in [0.25, 0.3) is 0 Å².